The summed E-state index contributed by atoms with van der Waals surface area (Å²) in [5.41, 5.74) is 7.92. The van der Waals surface area contributed by atoms with E-state index in [4.69, 9.17) is 9.73 Å². The second-order valence-corrected chi connectivity index (χ2v) is 8.44. The van der Waals surface area contributed by atoms with Crippen LogP contribution >= 0.6 is 0 Å². The van der Waals surface area contributed by atoms with Gasteiger partial charge in [0.15, 0.2) is 11.5 Å². The summed E-state index contributed by atoms with van der Waals surface area (Å²) in [6, 6.07) is 20.8. The van der Waals surface area contributed by atoms with Crippen molar-refractivity contribution in [3.05, 3.63) is 94.0 Å². The molecule has 2 atom stereocenters. The van der Waals surface area contributed by atoms with Crippen molar-refractivity contribution in [2.75, 3.05) is 6.61 Å². The number of hydrogen-bond donors (Lipinski definition) is 2. The van der Waals surface area contributed by atoms with Crippen molar-refractivity contribution >= 4 is 5.71 Å². The molecule has 0 fully saturated rings. The molecule has 0 saturated heterocycles. The summed E-state index contributed by atoms with van der Waals surface area (Å²) in [4.78, 5) is 5.13. The maximum atomic E-state index is 10.9. The molecule has 0 amide bonds. The van der Waals surface area contributed by atoms with Gasteiger partial charge < -0.3 is 9.84 Å². The van der Waals surface area contributed by atoms with E-state index in [2.05, 4.69) is 68.6 Å². The molecule has 166 valence electrons. The number of nitrogens with zero attached hydrogens (tertiary/aromatic N) is 1. The lowest BCUT2D eigenvalue weighted by Gasteiger charge is -2.32. The van der Waals surface area contributed by atoms with E-state index in [1.165, 1.54) is 16.7 Å². The van der Waals surface area contributed by atoms with Gasteiger partial charge in [-0.2, -0.15) is 0 Å². The van der Waals surface area contributed by atoms with Crippen LogP contribution < -0.4 is 10.1 Å². The number of aliphatic imine (C=N–C) groups is 1. The van der Waals surface area contributed by atoms with Crippen LogP contribution in [0.15, 0.2) is 65.7 Å². The van der Waals surface area contributed by atoms with Crippen molar-refractivity contribution in [3.63, 3.8) is 0 Å². The van der Waals surface area contributed by atoms with E-state index in [-0.39, 0.29) is 18.0 Å². The SMILES string of the molecule is CCOc1cccc([C@@H]2CC(c3ccc(CC)cc3)=N[C@@H](c3ccc(C)cc3C)N2)c1O. The zero-order valence-electron chi connectivity index (χ0n) is 19.4. The topological polar surface area (TPSA) is 53.8 Å². The molecule has 1 aliphatic heterocycles. The monoisotopic (exact) mass is 428 g/mol. The molecular formula is C28H32N2O2. The van der Waals surface area contributed by atoms with Gasteiger partial charge in [-0.25, -0.2) is 0 Å². The highest BCUT2D eigenvalue weighted by molar-refractivity contribution is 6.01. The van der Waals surface area contributed by atoms with Crippen molar-refractivity contribution in [2.24, 2.45) is 4.99 Å². The van der Waals surface area contributed by atoms with Crippen LogP contribution in [0.2, 0.25) is 0 Å². The Morgan fingerprint density at radius 1 is 1.00 bits per heavy atom. The number of phenols is 1. The van der Waals surface area contributed by atoms with E-state index >= 15 is 0 Å². The predicted octanol–water partition coefficient (Wildman–Crippen LogP) is 6.19. The summed E-state index contributed by atoms with van der Waals surface area (Å²) in [5.74, 6) is 0.722. The highest BCUT2D eigenvalue weighted by Gasteiger charge is 2.29. The Hall–Kier alpha value is -3.11. The van der Waals surface area contributed by atoms with Crippen LogP contribution in [-0.4, -0.2) is 17.4 Å². The summed E-state index contributed by atoms with van der Waals surface area (Å²) < 4.78 is 5.64. The second kappa shape index (κ2) is 9.58. The normalized spacial score (nSPS) is 18.3. The molecule has 0 spiro atoms. The average Bonchev–Trinajstić information content (AvgIpc) is 2.80. The van der Waals surface area contributed by atoms with Crippen molar-refractivity contribution in [1.82, 2.24) is 5.32 Å². The smallest absolute Gasteiger partial charge is 0.162 e. The minimum Gasteiger partial charge on any atom is -0.504 e. The summed E-state index contributed by atoms with van der Waals surface area (Å²) in [5, 5.41) is 14.6. The van der Waals surface area contributed by atoms with Crippen molar-refractivity contribution < 1.29 is 9.84 Å². The zero-order chi connectivity index (χ0) is 22.7. The van der Waals surface area contributed by atoms with Gasteiger partial charge in [0.1, 0.15) is 6.17 Å². The third-order valence-electron chi connectivity index (χ3n) is 6.16. The first-order chi connectivity index (χ1) is 15.5. The molecule has 4 nitrogen and oxygen atoms in total. The molecule has 4 rings (SSSR count). The molecule has 32 heavy (non-hydrogen) atoms. The second-order valence-electron chi connectivity index (χ2n) is 8.44. The summed E-state index contributed by atoms with van der Waals surface area (Å²) in [6.07, 6.45) is 1.52. The molecule has 0 saturated carbocycles. The van der Waals surface area contributed by atoms with Crippen LogP contribution in [-0.2, 0) is 6.42 Å². The third kappa shape index (κ3) is 4.56. The Kier molecular flexibility index (Phi) is 6.61. The van der Waals surface area contributed by atoms with Crippen LogP contribution in [0.4, 0.5) is 0 Å². The first-order valence-electron chi connectivity index (χ1n) is 11.4. The largest absolute Gasteiger partial charge is 0.504 e. The molecule has 2 N–H and O–H groups in total. The van der Waals surface area contributed by atoms with E-state index in [0.717, 1.165) is 28.8 Å². The van der Waals surface area contributed by atoms with Gasteiger partial charge in [0, 0.05) is 23.7 Å². The first kappa shape index (κ1) is 22.1. The minimum atomic E-state index is -0.189. The number of ether oxygens (including phenoxy) is 1. The molecule has 4 heteroatoms. The molecule has 1 aliphatic rings. The Bertz CT molecular complexity index is 1120. The van der Waals surface area contributed by atoms with Crippen molar-refractivity contribution in [2.45, 2.75) is 52.7 Å². The van der Waals surface area contributed by atoms with Crippen LogP contribution in [0.25, 0.3) is 0 Å². The standard InChI is InChI=1S/C28H32N2O2/c1-5-20-11-13-21(14-12-20)24-17-25(23-8-7-9-26(27(23)31)32-6-2)30-28(29-24)22-15-10-18(3)16-19(22)4/h7-16,25,28,30-31H,5-6,17H2,1-4H3/t25-,28+/m0/s1. The van der Waals surface area contributed by atoms with Crippen LogP contribution in [0.3, 0.4) is 0 Å². The lowest BCUT2D eigenvalue weighted by molar-refractivity contribution is 0.313. The number of benzene rings is 3. The molecule has 1 heterocycles. The quantitative estimate of drug-likeness (QED) is 0.492. The van der Waals surface area contributed by atoms with Gasteiger partial charge in [-0.05, 0) is 55.5 Å². The molecule has 0 aromatic heterocycles. The van der Waals surface area contributed by atoms with E-state index in [1.807, 2.05) is 25.1 Å². The number of para-hydroxylation sites is 1. The van der Waals surface area contributed by atoms with Crippen LogP contribution in [0, 0.1) is 13.8 Å². The molecule has 3 aromatic rings. The summed E-state index contributed by atoms with van der Waals surface area (Å²) >= 11 is 0. The fourth-order valence-corrected chi connectivity index (χ4v) is 4.40. The molecule has 0 radical (unpaired) electrons. The van der Waals surface area contributed by atoms with Gasteiger partial charge in [0.2, 0.25) is 0 Å². The lowest BCUT2D eigenvalue weighted by atomic mass is 9.92. The molecule has 3 aromatic carbocycles. The lowest BCUT2D eigenvalue weighted by Crippen LogP contribution is -2.33. The highest BCUT2D eigenvalue weighted by Crippen LogP contribution is 2.39. The van der Waals surface area contributed by atoms with E-state index in [0.29, 0.717) is 18.8 Å². The van der Waals surface area contributed by atoms with Gasteiger partial charge >= 0.3 is 0 Å². The number of aryl methyl sites for hydroxylation is 3. The first-order valence-corrected chi connectivity index (χ1v) is 11.4. The highest BCUT2D eigenvalue weighted by atomic mass is 16.5. The number of phenolic OH excluding ortho intramolecular Hbond substituents is 1. The fraction of sp³-hybridized carbons (Fsp3) is 0.321. The van der Waals surface area contributed by atoms with Crippen LogP contribution in [0.5, 0.6) is 11.5 Å². The van der Waals surface area contributed by atoms with E-state index in [9.17, 15) is 5.11 Å². The van der Waals surface area contributed by atoms with E-state index in [1.54, 1.807) is 0 Å². The Morgan fingerprint density at radius 2 is 1.78 bits per heavy atom. The van der Waals surface area contributed by atoms with Crippen LogP contribution in [0.1, 0.15) is 65.9 Å². The Labute approximate surface area is 191 Å². The van der Waals surface area contributed by atoms with Crippen molar-refractivity contribution in [3.8, 4) is 11.5 Å². The van der Waals surface area contributed by atoms with Gasteiger partial charge in [-0.15, -0.1) is 0 Å². The van der Waals surface area contributed by atoms with E-state index < -0.39 is 0 Å². The number of rotatable bonds is 6. The fourth-order valence-electron chi connectivity index (χ4n) is 4.40. The maximum Gasteiger partial charge on any atom is 0.162 e. The number of nitrogens with one attached hydrogen (secondary N) is 1. The van der Waals surface area contributed by atoms with Crippen molar-refractivity contribution in [1.29, 1.82) is 0 Å². The minimum absolute atomic E-state index is 0.0838. The van der Waals surface area contributed by atoms with Gasteiger partial charge in [0.25, 0.3) is 0 Å². The Morgan fingerprint density at radius 3 is 2.47 bits per heavy atom. The predicted molar refractivity (Wildman–Crippen MR) is 131 cm³/mol. The number of aromatic hydroxyl groups is 1. The summed E-state index contributed by atoms with van der Waals surface area (Å²) in [7, 11) is 0. The molecule has 0 bridgehead atoms. The summed E-state index contributed by atoms with van der Waals surface area (Å²) in [6.45, 7) is 8.83. The molecular weight excluding hydrogens is 396 g/mol. The maximum absolute atomic E-state index is 10.9. The third-order valence-corrected chi connectivity index (χ3v) is 6.16. The molecule has 0 aliphatic carbocycles. The van der Waals surface area contributed by atoms with Gasteiger partial charge in [0.05, 0.1) is 6.61 Å². The Balaban J connectivity index is 1.77. The molecule has 0 unspecified atom stereocenters. The zero-order valence-corrected chi connectivity index (χ0v) is 19.4. The number of hydrogen-bond acceptors (Lipinski definition) is 4. The van der Waals surface area contributed by atoms with Gasteiger partial charge in [-0.3, -0.25) is 10.3 Å². The average molecular weight is 429 g/mol. The van der Waals surface area contributed by atoms with Gasteiger partial charge in [-0.1, -0.05) is 67.1 Å².